The molecule has 0 saturated carbocycles. The van der Waals surface area contributed by atoms with Crippen LogP contribution in [0.15, 0.2) is 0 Å². The van der Waals surface area contributed by atoms with E-state index in [9.17, 15) is 0 Å². The fraction of sp³-hybridized carbons (Fsp3) is 0. The summed E-state index contributed by atoms with van der Waals surface area (Å²) in [6.07, 6.45) is 0. The van der Waals surface area contributed by atoms with Crippen LogP contribution in [0.4, 0.5) is 0 Å². The summed E-state index contributed by atoms with van der Waals surface area (Å²) in [5, 5.41) is 9.00. The summed E-state index contributed by atoms with van der Waals surface area (Å²) >= 11 is 0. The van der Waals surface area contributed by atoms with E-state index in [2.05, 4.69) is 0 Å². The third-order valence-electron chi connectivity index (χ3n) is 0. The monoisotopic (exact) mass is 50.0 g/mol. The van der Waals surface area contributed by atoms with Gasteiger partial charge >= 0.3 is 5.34 Å². The van der Waals surface area contributed by atoms with Crippen LogP contribution in [-0.4, -0.2) is 0 Å². The molecule has 0 aliphatic carbocycles. The zero-order chi connectivity index (χ0) is 2.71. The van der Waals surface area contributed by atoms with Crippen LogP contribution in [0.2, 0.25) is 0 Å². The molecule has 0 heterocycles. The Labute approximate surface area is 23.0 Å². The van der Waals surface area contributed by atoms with Crippen LogP contribution < -0.4 is 5.34 Å². The average Bonchev–Trinajstić information content (AvgIpc) is 0.918. The summed E-state index contributed by atoms with van der Waals surface area (Å²) < 4.78 is 0. The molecule has 0 unspecified atom stereocenters. The van der Waals surface area contributed by atoms with E-state index in [0.29, 0.717) is 0 Å². The van der Waals surface area contributed by atoms with Gasteiger partial charge in [-0.3, -0.25) is 0 Å². The van der Waals surface area contributed by atoms with Gasteiger partial charge in [0.2, 0.25) is 0 Å². The molecule has 0 aromatic carbocycles. The quantitative estimate of drug-likeness (QED) is 0.277. The predicted molar refractivity (Wildman–Crippen MR) is 8.87 cm³/mol. The summed E-state index contributed by atoms with van der Waals surface area (Å²) in [6, 6.07) is 0. The van der Waals surface area contributed by atoms with E-state index in [1.807, 2.05) is 0 Å². The van der Waals surface area contributed by atoms with Crippen LogP contribution in [0, 0.1) is 16.3 Å². The van der Waals surface area contributed by atoms with Crippen molar-refractivity contribution in [3.63, 3.8) is 0 Å². The molecule has 0 aromatic rings. The van der Waals surface area contributed by atoms with Gasteiger partial charge in [-0.15, -0.1) is 0 Å². The van der Waals surface area contributed by atoms with Crippen molar-refractivity contribution in [2.24, 2.45) is 0 Å². The second-order valence-corrected chi connectivity index (χ2v) is 0.0745. The van der Waals surface area contributed by atoms with Crippen molar-refractivity contribution < 1.29 is 6.15 Å². The molecular weight excluding hydrogens is 50.0 g/mol. The molecule has 0 amide bonds. The zero-order valence-electron chi connectivity index (χ0n) is 1.97. The first-order valence-electron chi connectivity index (χ1n) is 0.365. The normalized spacial score (nSPS) is 3.00. The third kappa shape index (κ3) is 0.262. The van der Waals surface area contributed by atoms with Gasteiger partial charge in [0.25, 0.3) is 0 Å². The van der Waals surface area contributed by atoms with Gasteiger partial charge in [-0.1, -0.05) is 0 Å². The predicted octanol–water partition coefficient (Wildman–Crippen LogP) is -0.414. The summed E-state index contributed by atoms with van der Waals surface area (Å²) in [5.41, 5.74) is 0. The Kier molecular flexibility index (Phi) is 107. The van der Waals surface area contributed by atoms with E-state index in [1.54, 1.807) is 0 Å². The molecule has 0 atom stereocenters. The van der Waals surface area contributed by atoms with Crippen molar-refractivity contribution in [2.45, 2.75) is 0 Å². The SMILES string of the molecule is O=[N+][O-].[He]. The van der Waals surface area contributed by atoms with Gasteiger partial charge in [-0.25, -0.2) is 0 Å². The summed E-state index contributed by atoms with van der Waals surface area (Å²) in [5.74, 6) is 0. The largest absolute Gasteiger partial charge is 0.387 e. The topological polar surface area (TPSA) is 54.2 Å². The summed E-state index contributed by atoms with van der Waals surface area (Å²) in [4.78, 5) is 8.00. The molecule has 0 aromatic heterocycles. The van der Waals surface area contributed by atoms with E-state index in [-0.39, 0.29) is 6.15 Å². The molecule has 3 nitrogen and oxygen atoms in total. The van der Waals surface area contributed by atoms with Crippen molar-refractivity contribution in [3.8, 4) is 0 Å². The van der Waals surface area contributed by atoms with Gasteiger partial charge in [0, 0.05) is 6.15 Å². The fourth-order valence-corrected chi connectivity index (χ4v) is 0. The van der Waals surface area contributed by atoms with Gasteiger partial charge < -0.3 is 0 Å². The van der Waals surface area contributed by atoms with Crippen LogP contribution in [0.3, 0.4) is 0 Å². The molecule has 0 rings (SSSR count). The first-order valence-corrected chi connectivity index (χ1v) is 0.365. The molecule has 0 spiro atoms. The third-order valence-corrected chi connectivity index (χ3v) is 0. The molecule has 0 saturated heterocycles. The number of hydrogen-bond donors (Lipinski definition) is 0. The molecule has 0 aliphatic rings. The standard InChI is InChI=1S/He.NO2/c;2-1-3. The summed E-state index contributed by atoms with van der Waals surface area (Å²) in [6.45, 7) is 0. The first-order chi connectivity index (χ1) is 1.41. The Hall–Kier alpha value is -0.691. The number of hydrogen-bond acceptors (Lipinski definition) is 3. The molecule has 4 heteroatoms. The minimum absolute atomic E-state index is 0. The van der Waals surface area contributed by atoms with E-state index in [1.165, 1.54) is 0 Å². The Morgan fingerprint density at radius 1 is 1.75 bits per heavy atom. The van der Waals surface area contributed by atoms with Crippen LogP contribution >= 0.6 is 0 Å². The van der Waals surface area contributed by atoms with Gasteiger partial charge in [0.15, 0.2) is 0 Å². The van der Waals surface area contributed by atoms with Gasteiger partial charge in [-0.05, 0) is 0 Å². The van der Waals surface area contributed by atoms with Crippen molar-refractivity contribution in [2.75, 3.05) is 0 Å². The number of nitrogens with zero attached hydrogens (tertiary/aromatic N) is 1. The molecule has 0 bridgehead atoms. The maximum absolute atomic E-state index is 8.00. The van der Waals surface area contributed by atoms with Crippen LogP contribution in [0.1, 0.15) is 0 Å². The average molecular weight is 50.0 g/mol. The second kappa shape index (κ2) is 41.4. The Balaban J connectivity index is 0. The molecule has 1 radical (unpaired) electrons. The Bertz CT molecular complexity index is 13.5. The van der Waals surface area contributed by atoms with E-state index < -0.39 is 0 Å². The molecule has 0 fully saturated rings. The van der Waals surface area contributed by atoms with Crippen LogP contribution in [-0.2, 0) is 0 Å². The Morgan fingerprint density at radius 3 is 1.75 bits per heavy atom. The zero-order valence-corrected chi connectivity index (χ0v) is 1.97. The molecule has 0 N–H and O–H groups in total. The van der Waals surface area contributed by atoms with Gasteiger partial charge in [0.05, 0.1) is 0 Å². The van der Waals surface area contributed by atoms with Crippen LogP contribution in [0.25, 0.3) is 0 Å². The minimum Gasteiger partial charge on any atom is -0.194 e. The molecular formula is HeNO2. The fourth-order valence-electron chi connectivity index (χ4n) is 0. The van der Waals surface area contributed by atoms with Crippen molar-refractivity contribution >= 4 is 0 Å². The van der Waals surface area contributed by atoms with Crippen molar-refractivity contribution in [3.05, 3.63) is 10.1 Å². The van der Waals surface area contributed by atoms with Crippen molar-refractivity contribution in [1.29, 1.82) is 0 Å². The second-order valence-electron chi connectivity index (χ2n) is 0.0745. The molecule has 19 valence electrons. The van der Waals surface area contributed by atoms with E-state index in [0.717, 1.165) is 5.34 Å². The van der Waals surface area contributed by atoms with Crippen LogP contribution in [0.5, 0.6) is 0 Å². The van der Waals surface area contributed by atoms with E-state index in [4.69, 9.17) is 10.1 Å². The maximum atomic E-state index is 8.00. The molecule has 0 aliphatic heterocycles. The van der Waals surface area contributed by atoms with E-state index >= 15 is 0 Å². The smallest absolute Gasteiger partial charge is 0.194 e. The minimum atomic E-state index is 0. The Morgan fingerprint density at radius 2 is 1.75 bits per heavy atom. The van der Waals surface area contributed by atoms with Crippen molar-refractivity contribution in [1.82, 2.24) is 5.34 Å². The number of rotatable bonds is 0. The summed E-state index contributed by atoms with van der Waals surface area (Å²) in [7, 11) is 0. The molecule has 4 heavy (non-hydrogen) atoms. The first kappa shape index (κ1) is 10.3. The van der Waals surface area contributed by atoms with Gasteiger partial charge in [0.1, 0.15) is 0 Å². The van der Waals surface area contributed by atoms with Gasteiger partial charge in [-0.2, -0.15) is 10.1 Å². The maximum Gasteiger partial charge on any atom is 0.387 e.